The van der Waals surface area contributed by atoms with Gasteiger partial charge in [0.1, 0.15) is 12.0 Å². The van der Waals surface area contributed by atoms with Crippen LogP contribution in [0.1, 0.15) is 32.0 Å². The second kappa shape index (κ2) is 11.5. The first-order chi connectivity index (χ1) is 17.3. The number of unbranched alkanes of at least 4 members (excludes halogenated alkanes) is 1. The number of nitrogens with zero attached hydrogens (tertiary/aromatic N) is 2. The van der Waals surface area contributed by atoms with Gasteiger partial charge in [-0.1, -0.05) is 6.07 Å². The summed E-state index contributed by atoms with van der Waals surface area (Å²) in [6, 6.07) is 6.18. The molecular formula is C25H28F3N3O5. The minimum Gasteiger partial charge on any atom is -0.487 e. The highest BCUT2D eigenvalue weighted by atomic mass is 19.4. The van der Waals surface area contributed by atoms with Gasteiger partial charge in [-0.25, -0.2) is 0 Å². The van der Waals surface area contributed by atoms with Crippen molar-refractivity contribution < 1.29 is 33.3 Å². The normalized spacial score (nSPS) is 14.6. The maximum absolute atomic E-state index is 12.9. The Hall–Kier alpha value is -3.44. The number of aromatic nitrogens is 1. The molecule has 8 nitrogen and oxygen atoms in total. The molecule has 0 unspecified atom stereocenters. The van der Waals surface area contributed by atoms with Gasteiger partial charge >= 0.3 is 6.18 Å². The predicted octanol–water partition coefficient (Wildman–Crippen LogP) is 4.47. The average molecular weight is 508 g/mol. The Bertz CT molecular complexity index is 1260. The van der Waals surface area contributed by atoms with Gasteiger partial charge in [0.2, 0.25) is 17.1 Å². The number of pyridine rings is 1. The zero-order valence-corrected chi connectivity index (χ0v) is 19.5. The minimum atomic E-state index is -4.47. The number of ether oxygens (including phenoxy) is 2. The highest BCUT2D eigenvalue weighted by Crippen LogP contribution is 2.32. The van der Waals surface area contributed by atoms with Crippen LogP contribution >= 0.6 is 0 Å². The van der Waals surface area contributed by atoms with Gasteiger partial charge in [-0.15, -0.1) is 0 Å². The monoisotopic (exact) mass is 507 g/mol. The predicted molar refractivity (Wildman–Crippen MR) is 128 cm³/mol. The lowest BCUT2D eigenvalue weighted by Crippen LogP contribution is -2.35. The van der Waals surface area contributed by atoms with E-state index < -0.39 is 11.7 Å². The molecule has 1 saturated heterocycles. The molecule has 0 bridgehead atoms. The third kappa shape index (κ3) is 6.82. The molecule has 1 aromatic carbocycles. The molecule has 1 N–H and O–H groups in total. The number of carbonyl (C=O) groups is 1. The fourth-order valence-corrected chi connectivity index (χ4v) is 3.82. The smallest absolute Gasteiger partial charge is 0.416 e. The van der Waals surface area contributed by atoms with Crippen molar-refractivity contribution in [3.05, 3.63) is 64.3 Å². The minimum absolute atomic E-state index is 0. The Morgan fingerprint density at radius 2 is 1.97 bits per heavy atom. The number of benzene rings is 1. The first-order valence-electron chi connectivity index (χ1n) is 11.6. The van der Waals surface area contributed by atoms with E-state index in [0.717, 1.165) is 25.2 Å². The number of hydrogen-bond donors (Lipinski definition) is 1. The quantitative estimate of drug-likeness (QED) is 0.427. The Labute approximate surface area is 206 Å². The van der Waals surface area contributed by atoms with E-state index in [2.05, 4.69) is 15.2 Å². The van der Waals surface area contributed by atoms with Gasteiger partial charge < -0.3 is 19.2 Å². The third-order valence-corrected chi connectivity index (χ3v) is 5.74. The zero-order valence-electron chi connectivity index (χ0n) is 19.5. The Balaban J connectivity index is 0.00000380. The Morgan fingerprint density at radius 3 is 2.72 bits per heavy atom. The summed E-state index contributed by atoms with van der Waals surface area (Å²) in [5.41, 5.74) is -0.525. The molecular weight excluding hydrogens is 479 g/mol. The number of fused-ring (bicyclic) bond motifs is 1. The van der Waals surface area contributed by atoms with Crippen LogP contribution in [0.4, 0.5) is 18.9 Å². The topological polar surface area (TPSA) is 93.9 Å². The Kier molecular flexibility index (Phi) is 8.21. The summed E-state index contributed by atoms with van der Waals surface area (Å²) in [4.78, 5) is 30.7. The molecule has 0 spiro atoms. The van der Waals surface area contributed by atoms with Crippen molar-refractivity contribution in [2.45, 2.75) is 32.0 Å². The van der Waals surface area contributed by atoms with E-state index in [9.17, 15) is 22.8 Å². The number of anilines is 1. The standard InChI is InChI=1S/C25H26F3N3O5.H2/c26-25(27,28)17-4-5-19-20(6-7-29-21(19)13-17)30-24(33)3-1-2-10-35-23-16-36-18(14-22(23)32)15-31-8-11-34-12-9-31;/h4-7,13-14,16H,1-3,8-12,15H2,(H,29,30,33);1H. The number of nitrogens with one attached hydrogen (secondary N) is 1. The third-order valence-electron chi connectivity index (χ3n) is 5.74. The lowest BCUT2D eigenvalue weighted by molar-refractivity contribution is -0.137. The number of rotatable bonds is 9. The second-order valence-electron chi connectivity index (χ2n) is 8.41. The van der Waals surface area contributed by atoms with E-state index in [1.54, 1.807) is 6.07 Å². The van der Waals surface area contributed by atoms with E-state index in [1.807, 2.05) is 0 Å². The number of carbonyl (C=O) groups excluding carboxylic acids is 1. The van der Waals surface area contributed by atoms with Crippen LogP contribution in [0.5, 0.6) is 5.75 Å². The molecule has 0 aliphatic carbocycles. The van der Waals surface area contributed by atoms with Crippen LogP contribution in [0.25, 0.3) is 10.9 Å². The van der Waals surface area contributed by atoms with Crippen LogP contribution in [0.15, 0.2) is 52.0 Å². The largest absolute Gasteiger partial charge is 0.487 e. The van der Waals surface area contributed by atoms with Crippen molar-refractivity contribution >= 4 is 22.5 Å². The fraction of sp³-hybridized carbons (Fsp3) is 0.400. The first kappa shape index (κ1) is 25.6. The second-order valence-corrected chi connectivity index (χ2v) is 8.41. The summed E-state index contributed by atoms with van der Waals surface area (Å²) in [5.74, 6) is 0.394. The van der Waals surface area contributed by atoms with Crippen LogP contribution in [0, 0.1) is 0 Å². The molecule has 1 aliphatic heterocycles. The van der Waals surface area contributed by atoms with Gasteiger partial charge in [0.05, 0.1) is 43.1 Å². The first-order valence-corrected chi connectivity index (χ1v) is 11.6. The number of alkyl halides is 3. The van der Waals surface area contributed by atoms with Crippen LogP contribution in [0.2, 0.25) is 0 Å². The molecule has 0 radical (unpaired) electrons. The molecule has 3 aromatic rings. The van der Waals surface area contributed by atoms with Gasteiger partial charge in [-0.2, -0.15) is 13.2 Å². The summed E-state index contributed by atoms with van der Waals surface area (Å²) < 4.78 is 55.1. The number of hydrogen-bond acceptors (Lipinski definition) is 7. The van der Waals surface area contributed by atoms with Gasteiger partial charge in [-0.05, 0) is 31.0 Å². The van der Waals surface area contributed by atoms with Gasteiger partial charge in [0.25, 0.3) is 0 Å². The van der Waals surface area contributed by atoms with Crippen LogP contribution < -0.4 is 15.5 Å². The zero-order chi connectivity index (χ0) is 25.5. The van der Waals surface area contributed by atoms with Gasteiger partial charge in [0.15, 0.2) is 0 Å². The van der Waals surface area contributed by atoms with E-state index in [1.165, 1.54) is 24.6 Å². The molecule has 1 fully saturated rings. The van der Waals surface area contributed by atoms with Crippen LogP contribution in [-0.2, 0) is 22.3 Å². The number of morpholine rings is 1. The number of halogens is 3. The van der Waals surface area contributed by atoms with Crippen molar-refractivity contribution in [1.82, 2.24) is 9.88 Å². The molecule has 1 amide bonds. The molecule has 1 aliphatic rings. The van der Waals surface area contributed by atoms with Gasteiger partial charge in [0, 0.05) is 38.6 Å². The summed E-state index contributed by atoms with van der Waals surface area (Å²) in [7, 11) is 0. The lowest BCUT2D eigenvalue weighted by atomic mass is 10.1. The maximum Gasteiger partial charge on any atom is 0.416 e. The van der Waals surface area contributed by atoms with Crippen molar-refractivity contribution in [2.24, 2.45) is 0 Å². The Morgan fingerprint density at radius 1 is 1.17 bits per heavy atom. The molecule has 0 atom stereocenters. The van der Waals surface area contributed by atoms with Crippen LogP contribution in [-0.4, -0.2) is 48.7 Å². The van der Waals surface area contributed by atoms with Crippen molar-refractivity contribution in [3.8, 4) is 5.75 Å². The molecule has 194 valence electrons. The van der Waals surface area contributed by atoms with Crippen LogP contribution in [0.3, 0.4) is 0 Å². The van der Waals surface area contributed by atoms with E-state index in [-0.39, 0.29) is 37.1 Å². The molecule has 36 heavy (non-hydrogen) atoms. The van der Waals surface area contributed by atoms with Crippen molar-refractivity contribution in [3.63, 3.8) is 0 Å². The fourth-order valence-electron chi connectivity index (χ4n) is 3.82. The molecule has 11 heteroatoms. The van der Waals surface area contributed by atoms with E-state index in [4.69, 9.17) is 13.9 Å². The number of amides is 1. The van der Waals surface area contributed by atoms with E-state index >= 15 is 0 Å². The van der Waals surface area contributed by atoms with E-state index in [0.29, 0.717) is 49.4 Å². The summed E-state index contributed by atoms with van der Waals surface area (Å²) >= 11 is 0. The maximum atomic E-state index is 12.9. The SMILES string of the molecule is O=C(CCCCOc1coc(CN2CCOCC2)cc1=O)Nc1ccnc2cc(C(F)(F)F)ccc12.[HH]. The highest BCUT2D eigenvalue weighted by molar-refractivity contribution is 6.00. The summed E-state index contributed by atoms with van der Waals surface area (Å²) in [6.07, 6.45) is -0.612. The van der Waals surface area contributed by atoms with Gasteiger partial charge in [-0.3, -0.25) is 19.5 Å². The molecule has 0 saturated carbocycles. The summed E-state index contributed by atoms with van der Waals surface area (Å²) in [6.45, 7) is 3.65. The van der Waals surface area contributed by atoms with Crippen molar-refractivity contribution in [1.29, 1.82) is 0 Å². The highest BCUT2D eigenvalue weighted by Gasteiger charge is 2.30. The van der Waals surface area contributed by atoms with Crippen molar-refractivity contribution in [2.75, 3.05) is 38.2 Å². The lowest BCUT2D eigenvalue weighted by Gasteiger charge is -2.25. The molecule has 2 aromatic heterocycles. The molecule has 4 rings (SSSR count). The summed E-state index contributed by atoms with van der Waals surface area (Å²) in [5, 5.41) is 3.14. The average Bonchev–Trinajstić information content (AvgIpc) is 2.85. The molecule has 3 heterocycles.